The van der Waals surface area contributed by atoms with Crippen molar-refractivity contribution in [2.75, 3.05) is 0 Å². The second kappa shape index (κ2) is 9.00. The van der Waals surface area contributed by atoms with Crippen molar-refractivity contribution in [3.05, 3.63) is 0 Å². The highest BCUT2D eigenvalue weighted by atomic mass is 16.5. The van der Waals surface area contributed by atoms with Gasteiger partial charge in [-0.2, -0.15) is 0 Å². The first-order valence-electron chi connectivity index (χ1n) is 13.6. The van der Waals surface area contributed by atoms with Crippen molar-refractivity contribution in [2.24, 2.45) is 46.3 Å². The van der Waals surface area contributed by atoms with E-state index >= 15 is 0 Å². The number of hydrogen-bond acceptors (Lipinski definition) is 5. The van der Waals surface area contributed by atoms with Gasteiger partial charge in [-0.1, -0.05) is 20.8 Å². The highest BCUT2D eigenvalue weighted by Gasteiger charge is 2.67. The molecule has 4 fully saturated rings. The highest BCUT2D eigenvalue weighted by Crippen LogP contribution is 2.68. The van der Waals surface area contributed by atoms with Crippen LogP contribution in [0.3, 0.4) is 0 Å². The minimum Gasteiger partial charge on any atom is -0.481 e. The Bertz CT molecular complexity index is 762. The first-order chi connectivity index (χ1) is 15.7. The van der Waals surface area contributed by atoms with Crippen LogP contribution in [0.15, 0.2) is 0 Å². The molecule has 6 nitrogen and oxygen atoms in total. The van der Waals surface area contributed by atoms with E-state index in [2.05, 4.69) is 41.5 Å². The van der Waals surface area contributed by atoms with Gasteiger partial charge in [0.2, 0.25) is 0 Å². The third kappa shape index (κ3) is 4.25. The zero-order valence-corrected chi connectivity index (χ0v) is 22.0. The van der Waals surface area contributed by atoms with Gasteiger partial charge in [0.25, 0.3) is 0 Å². The van der Waals surface area contributed by atoms with Gasteiger partial charge in [-0.25, -0.2) is 0 Å². The number of aliphatic hydroxyl groups excluding tert-OH is 3. The molecule has 196 valence electrons. The van der Waals surface area contributed by atoms with E-state index in [1.54, 1.807) is 0 Å². The van der Waals surface area contributed by atoms with E-state index < -0.39 is 24.3 Å². The average molecular weight is 481 g/mol. The average Bonchev–Trinajstić information content (AvgIpc) is 3.06. The van der Waals surface area contributed by atoms with Crippen molar-refractivity contribution in [3.8, 4) is 0 Å². The second-order valence-corrected chi connectivity index (χ2v) is 13.7. The molecule has 34 heavy (non-hydrogen) atoms. The summed E-state index contributed by atoms with van der Waals surface area (Å²) in [6.45, 7) is 12.9. The molecule has 6 heteroatoms. The smallest absolute Gasteiger partial charge is 0.303 e. The largest absolute Gasteiger partial charge is 0.481 e. The number of fused-ring (bicyclic) bond motifs is 5. The number of aliphatic hydroxyl groups is 3. The van der Waals surface area contributed by atoms with Crippen molar-refractivity contribution < 1.29 is 30.0 Å². The molecule has 4 N–H and O–H groups in total. The molecule has 0 saturated heterocycles. The topological polar surface area (TPSA) is 107 Å². The van der Waals surface area contributed by atoms with Crippen molar-refractivity contribution >= 4 is 5.97 Å². The Labute approximate surface area is 205 Å². The summed E-state index contributed by atoms with van der Waals surface area (Å²) in [6, 6.07) is 0. The van der Waals surface area contributed by atoms with Crippen molar-refractivity contribution in [3.63, 3.8) is 0 Å². The maximum atomic E-state index is 11.7. The lowest BCUT2D eigenvalue weighted by molar-refractivity contribution is -0.256. The van der Waals surface area contributed by atoms with Crippen LogP contribution < -0.4 is 0 Å². The molecule has 0 bridgehead atoms. The lowest BCUT2D eigenvalue weighted by Crippen LogP contribution is -2.66. The van der Waals surface area contributed by atoms with Crippen LogP contribution in [0, 0.1) is 46.3 Å². The molecular weight excluding hydrogens is 432 g/mol. The molecule has 0 aromatic heterocycles. The summed E-state index contributed by atoms with van der Waals surface area (Å²) in [6.07, 6.45) is 3.93. The molecule has 0 heterocycles. The third-order valence-corrected chi connectivity index (χ3v) is 10.9. The summed E-state index contributed by atoms with van der Waals surface area (Å²) in [5, 5.41) is 43.2. The molecule has 0 radical (unpaired) electrons. The molecule has 0 aliphatic heterocycles. The van der Waals surface area contributed by atoms with E-state index in [4.69, 9.17) is 4.74 Å². The number of ether oxygens (including phenoxy) is 1. The standard InChI is InChI=1S/C28H48O6/c1-15(7-10-24(32)33)18-8-9-19-25-20(14-22(31)28(18,19)6)27(5)16(12-21(25)30)11-17(29)13-23(27)34-26(2,3)4/h15-23,25,29-31H,7-14H2,1-6H3,(H,32,33). The molecule has 12 unspecified atom stereocenters. The Balaban J connectivity index is 1.66. The van der Waals surface area contributed by atoms with Gasteiger partial charge in [0.1, 0.15) is 0 Å². The van der Waals surface area contributed by atoms with Crippen LogP contribution in [0.5, 0.6) is 0 Å². The fourth-order valence-corrected chi connectivity index (χ4v) is 9.33. The van der Waals surface area contributed by atoms with E-state index in [0.717, 1.165) is 12.8 Å². The summed E-state index contributed by atoms with van der Waals surface area (Å²) < 4.78 is 6.61. The Kier molecular flexibility index (Phi) is 6.98. The Morgan fingerprint density at radius 2 is 1.68 bits per heavy atom. The van der Waals surface area contributed by atoms with Gasteiger partial charge >= 0.3 is 5.97 Å². The highest BCUT2D eigenvalue weighted by molar-refractivity contribution is 5.66. The number of rotatable bonds is 5. The summed E-state index contributed by atoms with van der Waals surface area (Å²) in [4.78, 5) is 11.2. The number of hydrogen-bond donors (Lipinski definition) is 4. The van der Waals surface area contributed by atoms with Crippen molar-refractivity contribution in [1.82, 2.24) is 0 Å². The first-order valence-corrected chi connectivity index (χ1v) is 13.6. The summed E-state index contributed by atoms with van der Waals surface area (Å²) in [7, 11) is 0. The molecule has 12 atom stereocenters. The SMILES string of the molecule is CC(CCC(=O)O)C1CCC2C3C(O)CC4CC(O)CC(OC(C)(C)C)C4(C)C3CC(O)C12C. The predicted molar refractivity (Wildman–Crippen MR) is 130 cm³/mol. The number of carbonyl (C=O) groups is 1. The molecule has 4 aliphatic rings. The predicted octanol–water partition coefficient (Wildman–Crippen LogP) is 4.24. The van der Waals surface area contributed by atoms with Gasteiger partial charge in [0.05, 0.1) is 30.0 Å². The van der Waals surface area contributed by atoms with Gasteiger partial charge in [-0.15, -0.1) is 0 Å². The normalized spacial score (nSPS) is 49.6. The molecule has 4 rings (SSSR count). The second-order valence-electron chi connectivity index (χ2n) is 13.7. The summed E-state index contributed by atoms with van der Waals surface area (Å²) >= 11 is 0. The van der Waals surface area contributed by atoms with Crippen LogP contribution in [0.4, 0.5) is 0 Å². The Morgan fingerprint density at radius 1 is 1.00 bits per heavy atom. The minimum absolute atomic E-state index is 0.104. The van der Waals surface area contributed by atoms with Crippen LogP contribution in [-0.2, 0) is 9.53 Å². The van der Waals surface area contributed by atoms with E-state index in [-0.39, 0.29) is 64.5 Å². The summed E-state index contributed by atoms with van der Waals surface area (Å²) in [5.41, 5.74) is -0.843. The molecule has 0 aromatic rings. The van der Waals surface area contributed by atoms with Crippen molar-refractivity contribution in [2.45, 2.75) is 123 Å². The number of carboxylic acids is 1. The zero-order valence-electron chi connectivity index (χ0n) is 22.0. The number of aliphatic carboxylic acids is 1. The lowest BCUT2D eigenvalue weighted by atomic mass is 9.42. The van der Waals surface area contributed by atoms with Crippen LogP contribution in [0.2, 0.25) is 0 Å². The Morgan fingerprint density at radius 3 is 2.29 bits per heavy atom. The van der Waals surface area contributed by atoms with Crippen molar-refractivity contribution in [1.29, 1.82) is 0 Å². The molecule has 0 aromatic carbocycles. The monoisotopic (exact) mass is 480 g/mol. The molecule has 0 spiro atoms. The first kappa shape index (κ1) is 26.4. The van der Waals surface area contributed by atoms with Gasteiger partial charge < -0.3 is 25.2 Å². The third-order valence-electron chi connectivity index (χ3n) is 10.9. The van der Waals surface area contributed by atoms with Gasteiger partial charge in [-0.05, 0) is 100 Å². The van der Waals surface area contributed by atoms with Gasteiger partial charge in [0, 0.05) is 18.3 Å². The van der Waals surface area contributed by atoms with Gasteiger partial charge in [-0.3, -0.25) is 4.79 Å². The number of carboxylic acid groups (broad SMARTS) is 1. The fourth-order valence-electron chi connectivity index (χ4n) is 9.33. The quantitative estimate of drug-likeness (QED) is 0.469. The van der Waals surface area contributed by atoms with Crippen LogP contribution >= 0.6 is 0 Å². The Hall–Kier alpha value is -0.690. The van der Waals surface area contributed by atoms with Gasteiger partial charge in [0.15, 0.2) is 0 Å². The maximum absolute atomic E-state index is 11.7. The van der Waals surface area contributed by atoms with E-state index in [0.29, 0.717) is 32.1 Å². The van der Waals surface area contributed by atoms with Crippen LogP contribution in [-0.4, -0.2) is 56.4 Å². The molecular formula is C28H48O6. The maximum Gasteiger partial charge on any atom is 0.303 e. The van der Waals surface area contributed by atoms with Crippen LogP contribution in [0.1, 0.15) is 92.9 Å². The lowest BCUT2D eigenvalue weighted by Gasteiger charge is -2.65. The van der Waals surface area contributed by atoms with Crippen LogP contribution in [0.25, 0.3) is 0 Å². The summed E-state index contributed by atoms with van der Waals surface area (Å²) in [5.74, 6) is 0.358. The minimum atomic E-state index is -0.762. The zero-order chi connectivity index (χ0) is 25.2. The fraction of sp³-hybridized carbons (Fsp3) is 0.964. The molecule has 4 saturated carbocycles. The molecule has 4 aliphatic carbocycles. The van der Waals surface area contributed by atoms with E-state index in [1.807, 2.05) is 0 Å². The van der Waals surface area contributed by atoms with E-state index in [9.17, 15) is 25.2 Å². The van der Waals surface area contributed by atoms with E-state index in [1.165, 1.54) is 0 Å². The molecule has 0 amide bonds.